The number of hydrogen-bond acceptors (Lipinski definition) is 8. The highest BCUT2D eigenvalue weighted by Crippen LogP contribution is 2.14. The minimum atomic E-state index is -1.66. The lowest BCUT2D eigenvalue weighted by molar-refractivity contribution is -0.147. The summed E-state index contributed by atoms with van der Waals surface area (Å²) in [6, 6.07) is -2.74. The molecule has 2 unspecified atom stereocenters. The second kappa shape index (κ2) is 11.2. The number of amides is 2. The van der Waals surface area contributed by atoms with Crippen molar-refractivity contribution in [3.63, 3.8) is 0 Å². The van der Waals surface area contributed by atoms with Crippen molar-refractivity contribution >= 4 is 18.2 Å². The predicted octanol–water partition coefficient (Wildman–Crippen LogP) is 0.880. The molecule has 0 aliphatic carbocycles. The largest absolute Gasteiger partial charge is 0.480 e. The third-order valence-electron chi connectivity index (χ3n) is 3.34. The number of carbonyl (C=O) groups excluding carboxylic acids is 2. The fraction of sp³-hybridized carbons (Fsp3) is 0.833. The van der Waals surface area contributed by atoms with Crippen LogP contribution in [-0.4, -0.2) is 84.7 Å². The molecule has 4 N–H and O–H groups in total. The lowest BCUT2D eigenvalue weighted by Crippen LogP contribution is -2.60. The van der Waals surface area contributed by atoms with Crippen LogP contribution in [-0.2, 0) is 23.7 Å². The van der Waals surface area contributed by atoms with Gasteiger partial charge in [0.2, 0.25) is 0 Å². The monoisotopic (exact) mass is 422 g/mol. The van der Waals surface area contributed by atoms with Crippen molar-refractivity contribution in [3.8, 4) is 0 Å². The number of carboxylic acid groups (broad SMARTS) is 1. The lowest BCUT2D eigenvalue weighted by atomic mass is 9.99. The minimum absolute atomic E-state index is 0.168. The van der Waals surface area contributed by atoms with E-state index >= 15 is 0 Å². The van der Waals surface area contributed by atoms with Crippen molar-refractivity contribution in [1.29, 1.82) is 0 Å². The summed E-state index contributed by atoms with van der Waals surface area (Å²) >= 11 is 0. The number of aliphatic carboxylic acids is 1. The second-order valence-electron chi connectivity index (χ2n) is 8.36. The molecule has 11 heteroatoms. The highest BCUT2D eigenvalue weighted by Gasteiger charge is 2.40. The van der Waals surface area contributed by atoms with Crippen molar-refractivity contribution in [2.24, 2.45) is 0 Å². The Labute approximate surface area is 171 Å². The summed E-state index contributed by atoms with van der Waals surface area (Å²) in [6.07, 6.45) is -4.83. The Morgan fingerprint density at radius 2 is 1.34 bits per heavy atom. The van der Waals surface area contributed by atoms with Gasteiger partial charge in [0, 0.05) is 14.2 Å². The molecular formula is C18H34N2O9. The van der Waals surface area contributed by atoms with Crippen LogP contribution in [0.3, 0.4) is 0 Å². The normalized spacial score (nSPS) is 16.2. The maximum atomic E-state index is 12.1. The first kappa shape index (κ1) is 26.9. The van der Waals surface area contributed by atoms with E-state index in [1.54, 1.807) is 41.5 Å². The van der Waals surface area contributed by atoms with Gasteiger partial charge in [-0.25, -0.2) is 14.4 Å². The number of aliphatic hydroxyl groups is 1. The molecule has 0 aliphatic heterocycles. The predicted molar refractivity (Wildman–Crippen MR) is 103 cm³/mol. The average Bonchev–Trinajstić information content (AvgIpc) is 2.50. The molecule has 0 radical (unpaired) electrons. The number of hydrogen-bond donors (Lipinski definition) is 4. The fourth-order valence-corrected chi connectivity index (χ4v) is 2.28. The first-order valence-corrected chi connectivity index (χ1v) is 9.03. The Morgan fingerprint density at radius 1 is 0.897 bits per heavy atom. The quantitative estimate of drug-likeness (QED) is 0.424. The molecule has 4 atom stereocenters. The van der Waals surface area contributed by atoms with Crippen molar-refractivity contribution in [1.82, 2.24) is 10.6 Å². The Bertz CT molecular complexity index is 555. The second-order valence-corrected chi connectivity index (χ2v) is 8.36. The molecule has 2 amide bonds. The summed E-state index contributed by atoms with van der Waals surface area (Å²) in [7, 11) is 2.50. The van der Waals surface area contributed by atoms with E-state index in [2.05, 4.69) is 10.6 Å². The molecule has 170 valence electrons. The van der Waals surface area contributed by atoms with Crippen LogP contribution in [0.1, 0.15) is 41.5 Å². The van der Waals surface area contributed by atoms with Gasteiger partial charge >= 0.3 is 18.2 Å². The van der Waals surface area contributed by atoms with Crippen LogP contribution in [0, 0.1) is 0 Å². The van der Waals surface area contributed by atoms with Crippen LogP contribution < -0.4 is 10.6 Å². The van der Waals surface area contributed by atoms with Crippen molar-refractivity contribution in [3.05, 3.63) is 0 Å². The maximum Gasteiger partial charge on any atom is 0.408 e. The molecule has 0 rings (SSSR count). The maximum absolute atomic E-state index is 12.1. The minimum Gasteiger partial charge on any atom is -0.480 e. The Kier molecular flexibility index (Phi) is 10.4. The molecule has 11 nitrogen and oxygen atoms in total. The van der Waals surface area contributed by atoms with Crippen LogP contribution in [0.25, 0.3) is 0 Å². The van der Waals surface area contributed by atoms with E-state index in [1.165, 1.54) is 7.11 Å². The highest BCUT2D eigenvalue weighted by molar-refractivity contribution is 5.80. The summed E-state index contributed by atoms with van der Waals surface area (Å²) in [5.41, 5.74) is -1.64. The zero-order valence-corrected chi connectivity index (χ0v) is 18.3. The van der Waals surface area contributed by atoms with Gasteiger partial charge < -0.3 is 39.8 Å². The van der Waals surface area contributed by atoms with Crippen molar-refractivity contribution < 1.29 is 43.5 Å². The SMILES string of the molecule is COC[C@H](NC(=O)OC(C)(C)C)C(O)[C@@H](OC)C(NC(=O)OC(C)(C)C)C(=O)O. The first-order valence-electron chi connectivity index (χ1n) is 9.03. The molecule has 0 aromatic rings. The molecule has 29 heavy (non-hydrogen) atoms. The molecule has 0 aromatic heterocycles. The average molecular weight is 422 g/mol. The lowest BCUT2D eigenvalue weighted by Gasteiger charge is -2.33. The summed E-state index contributed by atoms with van der Waals surface area (Å²) in [4.78, 5) is 35.7. The number of nitrogens with one attached hydrogen (secondary N) is 2. The van der Waals surface area contributed by atoms with Crippen LogP contribution in [0.4, 0.5) is 9.59 Å². The third kappa shape index (κ3) is 10.9. The van der Waals surface area contributed by atoms with Gasteiger partial charge in [-0.1, -0.05) is 0 Å². The molecule has 0 fully saturated rings. The number of alkyl carbamates (subject to hydrolysis) is 2. The van der Waals surface area contributed by atoms with Gasteiger partial charge in [0.1, 0.15) is 23.4 Å². The first-order chi connectivity index (χ1) is 13.1. The van der Waals surface area contributed by atoms with Gasteiger partial charge in [-0.2, -0.15) is 0 Å². The topological polar surface area (TPSA) is 153 Å². The van der Waals surface area contributed by atoms with Gasteiger partial charge in [0.05, 0.1) is 12.6 Å². The molecular weight excluding hydrogens is 388 g/mol. The van der Waals surface area contributed by atoms with E-state index in [0.29, 0.717) is 0 Å². The van der Waals surface area contributed by atoms with E-state index in [9.17, 15) is 24.6 Å². The van der Waals surface area contributed by atoms with E-state index in [-0.39, 0.29) is 6.61 Å². The zero-order valence-electron chi connectivity index (χ0n) is 18.3. The van der Waals surface area contributed by atoms with E-state index in [4.69, 9.17) is 18.9 Å². The van der Waals surface area contributed by atoms with Crippen LogP contribution in [0.15, 0.2) is 0 Å². The van der Waals surface area contributed by atoms with Crippen molar-refractivity contribution in [2.75, 3.05) is 20.8 Å². The molecule has 0 spiro atoms. The van der Waals surface area contributed by atoms with E-state index in [0.717, 1.165) is 7.11 Å². The molecule has 0 saturated carbocycles. The van der Waals surface area contributed by atoms with Gasteiger partial charge in [-0.3, -0.25) is 0 Å². The number of rotatable bonds is 9. The van der Waals surface area contributed by atoms with Gasteiger partial charge in [0.25, 0.3) is 0 Å². The smallest absolute Gasteiger partial charge is 0.408 e. The molecule has 0 heterocycles. The fourth-order valence-electron chi connectivity index (χ4n) is 2.28. The Hall–Kier alpha value is -2.11. The van der Waals surface area contributed by atoms with Crippen LogP contribution in [0.2, 0.25) is 0 Å². The summed E-state index contributed by atoms with van der Waals surface area (Å²) < 4.78 is 20.3. The number of methoxy groups -OCH3 is 2. The summed E-state index contributed by atoms with van der Waals surface area (Å²) in [5.74, 6) is -1.46. The number of ether oxygens (including phenoxy) is 4. The standard InChI is InChI=1S/C18H34N2O9/c1-17(2,3)28-15(24)19-10(9-26-7)12(21)13(27-8)11(14(22)23)20-16(25)29-18(4,5)6/h10-13,21H,9H2,1-8H3,(H,19,24)(H,20,25)(H,22,23)/t10-,11?,12?,13-/m0/s1. The van der Waals surface area contributed by atoms with Crippen molar-refractivity contribution in [2.45, 2.75) is 77.0 Å². The van der Waals surface area contributed by atoms with E-state index < -0.39 is 53.6 Å². The third-order valence-corrected chi connectivity index (χ3v) is 3.34. The number of carboxylic acids is 1. The molecule has 0 aliphatic rings. The van der Waals surface area contributed by atoms with Gasteiger partial charge in [0.15, 0.2) is 6.04 Å². The molecule has 0 bridgehead atoms. The molecule has 0 aromatic carbocycles. The Balaban J connectivity index is 5.45. The van der Waals surface area contributed by atoms with Crippen LogP contribution >= 0.6 is 0 Å². The number of carbonyl (C=O) groups is 3. The zero-order chi connectivity index (χ0) is 23.0. The van der Waals surface area contributed by atoms with Gasteiger partial charge in [-0.15, -0.1) is 0 Å². The summed E-state index contributed by atoms with van der Waals surface area (Å²) in [6.45, 7) is 9.67. The van der Waals surface area contributed by atoms with Gasteiger partial charge in [-0.05, 0) is 41.5 Å². The highest BCUT2D eigenvalue weighted by atomic mass is 16.6. The Morgan fingerprint density at radius 3 is 1.69 bits per heavy atom. The summed E-state index contributed by atoms with van der Waals surface area (Å²) in [5, 5.41) is 24.8. The molecule has 0 saturated heterocycles. The number of aliphatic hydroxyl groups excluding tert-OH is 1. The van der Waals surface area contributed by atoms with Crippen LogP contribution in [0.5, 0.6) is 0 Å². The van der Waals surface area contributed by atoms with E-state index in [1.807, 2.05) is 0 Å².